The Morgan fingerprint density at radius 1 is 1.35 bits per heavy atom. The number of unbranched alkanes of at least 4 members (excludes halogenated alkanes) is 1. The molecule has 0 bridgehead atoms. The van der Waals surface area contributed by atoms with Crippen molar-refractivity contribution in [2.75, 3.05) is 13.2 Å². The Morgan fingerprint density at radius 2 is 2.00 bits per heavy atom. The van der Waals surface area contributed by atoms with Crippen LogP contribution in [0, 0.1) is 5.92 Å². The van der Waals surface area contributed by atoms with E-state index in [1.807, 2.05) is 6.92 Å². The van der Waals surface area contributed by atoms with Gasteiger partial charge in [-0.05, 0) is 19.3 Å². The number of hydrogen-bond acceptors (Lipinski definition) is 3. The third kappa shape index (κ3) is 7.34. The fourth-order valence-corrected chi connectivity index (χ4v) is 1.49. The zero-order valence-corrected chi connectivity index (χ0v) is 11.7. The Morgan fingerprint density at radius 3 is 2.47 bits per heavy atom. The minimum absolute atomic E-state index is 0.0510. The molecule has 1 amide bonds. The van der Waals surface area contributed by atoms with Gasteiger partial charge in [0.05, 0.1) is 18.7 Å². The fraction of sp³-hybridized carbons (Fsp3) is 0.923. The molecule has 0 saturated carbocycles. The number of amides is 1. The van der Waals surface area contributed by atoms with Gasteiger partial charge in [0.25, 0.3) is 0 Å². The number of carbonyl (C=O) groups is 1. The molecule has 17 heavy (non-hydrogen) atoms. The molecule has 0 aliphatic rings. The van der Waals surface area contributed by atoms with Gasteiger partial charge >= 0.3 is 0 Å². The lowest BCUT2D eigenvalue weighted by Gasteiger charge is -2.24. The zero-order valence-electron chi connectivity index (χ0n) is 11.7. The number of nitrogens with two attached hydrogens (primary N) is 1. The molecular weight excluding hydrogens is 216 g/mol. The second-order valence-electron chi connectivity index (χ2n) is 4.77. The van der Waals surface area contributed by atoms with Crippen LogP contribution in [0.4, 0.5) is 0 Å². The monoisotopic (exact) mass is 244 g/mol. The van der Waals surface area contributed by atoms with Crippen LogP contribution in [0.1, 0.15) is 47.0 Å². The van der Waals surface area contributed by atoms with Gasteiger partial charge in [-0.3, -0.25) is 4.79 Å². The summed E-state index contributed by atoms with van der Waals surface area (Å²) in [7, 11) is 0. The number of carbonyl (C=O) groups excluding carboxylic acids is 1. The first kappa shape index (κ1) is 16.4. The van der Waals surface area contributed by atoms with E-state index >= 15 is 0 Å². The molecule has 4 nitrogen and oxygen atoms in total. The molecule has 2 atom stereocenters. The van der Waals surface area contributed by atoms with Crippen molar-refractivity contribution in [2.45, 2.75) is 59.0 Å². The molecule has 0 saturated heterocycles. The standard InChI is InChI=1S/C13H28N2O2/c1-5-7-8-11(14)13(16)15-12(10(3)4)9-17-6-2/h10-12H,5-9,14H2,1-4H3,(H,15,16)/t11-,12?/m0/s1. The van der Waals surface area contributed by atoms with Gasteiger partial charge in [-0.15, -0.1) is 0 Å². The van der Waals surface area contributed by atoms with Gasteiger partial charge in [0.2, 0.25) is 5.91 Å². The minimum atomic E-state index is -0.391. The summed E-state index contributed by atoms with van der Waals surface area (Å²) in [6, 6.07) is -0.340. The third-order valence-electron chi connectivity index (χ3n) is 2.84. The van der Waals surface area contributed by atoms with Crippen LogP contribution in [0.25, 0.3) is 0 Å². The maximum atomic E-state index is 11.8. The van der Waals surface area contributed by atoms with Crippen molar-refractivity contribution in [3.05, 3.63) is 0 Å². The van der Waals surface area contributed by atoms with Crippen LogP contribution in [-0.2, 0) is 9.53 Å². The Balaban J connectivity index is 4.10. The molecule has 0 aromatic carbocycles. The first-order valence-corrected chi connectivity index (χ1v) is 6.66. The predicted molar refractivity (Wildman–Crippen MR) is 70.8 cm³/mol. The molecular formula is C13H28N2O2. The Bertz CT molecular complexity index is 208. The lowest BCUT2D eigenvalue weighted by Crippen LogP contribution is -2.49. The molecule has 1 unspecified atom stereocenters. The van der Waals surface area contributed by atoms with Crippen LogP contribution in [0.3, 0.4) is 0 Å². The second kappa shape index (κ2) is 9.42. The largest absolute Gasteiger partial charge is 0.380 e. The van der Waals surface area contributed by atoms with Crippen LogP contribution >= 0.6 is 0 Å². The van der Waals surface area contributed by atoms with E-state index < -0.39 is 6.04 Å². The summed E-state index contributed by atoms with van der Waals surface area (Å²) >= 11 is 0. The molecule has 3 N–H and O–H groups in total. The van der Waals surface area contributed by atoms with Crippen molar-refractivity contribution in [2.24, 2.45) is 11.7 Å². The normalized spacial score (nSPS) is 14.7. The quantitative estimate of drug-likeness (QED) is 0.648. The van der Waals surface area contributed by atoms with Crippen molar-refractivity contribution >= 4 is 5.91 Å². The molecule has 0 spiro atoms. The predicted octanol–water partition coefficient (Wildman–Crippen LogP) is 1.68. The van der Waals surface area contributed by atoms with Gasteiger partial charge in [0, 0.05) is 6.61 Å². The highest BCUT2D eigenvalue weighted by molar-refractivity contribution is 5.81. The Kier molecular flexibility index (Phi) is 9.09. The average molecular weight is 244 g/mol. The third-order valence-corrected chi connectivity index (χ3v) is 2.84. The van der Waals surface area contributed by atoms with Crippen LogP contribution in [-0.4, -0.2) is 31.2 Å². The topological polar surface area (TPSA) is 64.4 Å². The van der Waals surface area contributed by atoms with E-state index in [0.717, 1.165) is 19.3 Å². The van der Waals surface area contributed by atoms with Gasteiger partial charge in [-0.25, -0.2) is 0 Å². The Hall–Kier alpha value is -0.610. The van der Waals surface area contributed by atoms with Crippen LogP contribution in [0.15, 0.2) is 0 Å². The number of hydrogen-bond donors (Lipinski definition) is 2. The molecule has 0 fully saturated rings. The van der Waals surface area contributed by atoms with Gasteiger partial charge in [0.15, 0.2) is 0 Å². The highest BCUT2D eigenvalue weighted by atomic mass is 16.5. The number of nitrogens with one attached hydrogen (secondary N) is 1. The second-order valence-corrected chi connectivity index (χ2v) is 4.77. The summed E-state index contributed by atoms with van der Waals surface area (Å²) in [6.45, 7) is 9.41. The zero-order chi connectivity index (χ0) is 13.3. The van der Waals surface area contributed by atoms with Crippen LogP contribution < -0.4 is 11.1 Å². The van der Waals surface area contributed by atoms with Crippen LogP contribution in [0.2, 0.25) is 0 Å². The molecule has 4 heteroatoms. The fourth-order valence-electron chi connectivity index (χ4n) is 1.49. The highest BCUT2D eigenvalue weighted by Crippen LogP contribution is 2.04. The molecule has 0 aliphatic heterocycles. The Labute approximate surface area is 105 Å². The average Bonchev–Trinajstić information content (AvgIpc) is 2.30. The molecule has 102 valence electrons. The summed E-state index contributed by atoms with van der Waals surface area (Å²) in [4.78, 5) is 11.8. The molecule has 0 aromatic heterocycles. The lowest BCUT2D eigenvalue weighted by atomic mass is 10.0. The van der Waals surface area contributed by atoms with E-state index in [4.69, 9.17) is 10.5 Å². The van der Waals surface area contributed by atoms with Crippen molar-refractivity contribution in [3.8, 4) is 0 Å². The van der Waals surface area contributed by atoms with E-state index in [0.29, 0.717) is 19.1 Å². The van der Waals surface area contributed by atoms with Gasteiger partial charge in [-0.2, -0.15) is 0 Å². The molecule has 0 aromatic rings. The van der Waals surface area contributed by atoms with Crippen molar-refractivity contribution in [1.82, 2.24) is 5.32 Å². The molecule has 0 aliphatic carbocycles. The van der Waals surface area contributed by atoms with E-state index in [2.05, 4.69) is 26.1 Å². The van der Waals surface area contributed by atoms with E-state index in [-0.39, 0.29) is 11.9 Å². The highest BCUT2D eigenvalue weighted by Gasteiger charge is 2.20. The summed E-state index contributed by atoms with van der Waals surface area (Å²) in [6.07, 6.45) is 2.81. The summed E-state index contributed by atoms with van der Waals surface area (Å²) in [5.41, 5.74) is 5.83. The summed E-state index contributed by atoms with van der Waals surface area (Å²) in [5, 5.41) is 2.97. The maximum absolute atomic E-state index is 11.8. The number of rotatable bonds is 9. The molecule has 0 heterocycles. The smallest absolute Gasteiger partial charge is 0.237 e. The molecule has 0 rings (SSSR count). The lowest BCUT2D eigenvalue weighted by molar-refractivity contribution is -0.124. The summed E-state index contributed by atoms with van der Waals surface area (Å²) in [5.74, 6) is 0.292. The van der Waals surface area contributed by atoms with E-state index in [1.165, 1.54) is 0 Å². The molecule has 0 radical (unpaired) electrons. The number of ether oxygens (including phenoxy) is 1. The van der Waals surface area contributed by atoms with E-state index in [9.17, 15) is 4.79 Å². The van der Waals surface area contributed by atoms with Gasteiger partial charge < -0.3 is 15.8 Å². The van der Waals surface area contributed by atoms with Gasteiger partial charge in [0.1, 0.15) is 0 Å². The first-order valence-electron chi connectivity index (χ1n) is 6.66. The minimum Gasteiger partial charge on any atom is -0.380 e. The van der Waals surface area contributed by atoms with Crippen molar-refractivity contribution < 1.29 is 9.53 Å². The first-order chi connectivity index (χ1) is 8.02. The van der Waals surface area contributed by atoms with Crippen LogP contribution in [0.5, 0.6) is 0 Å². The SMILES string of the molecule is CCCC[C@H](N)C(=O)NC(COCC)C(C)C. The maximum Gasteiger partial charge on any atom is 0.237 e. The van der Waals surface area contributed by atoms with E-state index in [1.54, 1.807) is 0 Å². The van der Waals surface area contributed by atoms with Crippen molar-refractivity contribution in [3.63, 3.8) is 0 Å². The van der Waals surface area contributed by atoms with Gasteiger partial charge in [-0.1, -0.05) is 33.6 Å². The van der Waals surface area contributed by atoms with Crippen molar-refractivity contribution in [1.29, 1.82) is 0 Å². The summed E-state index contributed by atoms with van der Waals surface area (Å²) < 4.78 is 5.36.